The molecule has 1 aromatic rings. The normalized spacial score (nSPS) is 23.1. The van der Waals surface area contributed by atoms with E-state index >= 15 is 0 Å². The van der Waals surface area contributed by atoms with Crippen molar-refractivity contribution in [2.24, 2.45) is 0 Å². The van der Waals surface area contributed by atoms with Crippen LogP contribution in [0.3, 0.4) is 0 Å². The van der Waals surface area contributed by atoms with Gasteiger partial charge in [-0.05, 0) is 18.1 Å². The molecule has 18 heavy (non-hydrogen) atoms. The lowest BCUT2D eigenvalue weighted by Gasteiger charge is -2.21. The lowest BCUT2D eigenvalue weighted by molar-refractivity contribution is -0.132. The van der Waals surface area contributed by atoms with Gasteiger partial charge in [0.1, 0.15) is 0 Å². The Bertz CT molecular complexity index is 439. The van der Waals surface area contributed by atoms with Gasteiger partial charge in [0.2, 0.25) is 5.91 Å². The number of nitrogens with one attached hydrogen (secondary N) is 1. The van der Waals surface area contributed by atoms with E-state index in [0.717, 1.165) is 10.0 Å². The molecule has 1 aromatic carbocycles. The lowest BCUT2D eigenvalue weighted by atomic mass is 10.1. The van der Waals surface area contributed by atoms with Crippen LogP contribution in [0.5, 0.6) is 0 Å². The predicted octanol–water partition coefficient (Wildman–Crippen LogP) is 1.13. The highest BCUT2D eigenvalue weighted by atomic mass is 79.9. The third-order valence-corrected chi connectivity index (χ3v) is 3.92. The van der Waals surface area contributed by atoms with E-state index in [4.69, 9.17) is 0 Å². The summed E-state index contributed by atoms with van der Waals surface area (Å²) in [4.78, 5) is 13.8. The Labute approximate surface area is 115 Å². The zero-order valence-corrected chi connectivity index (χ0v) is 11.9. The summed E-state index contributed by atoms with van der Waals surface area (Å²) in [7, 11) is 1.79. The van der Waals surface area contributed by atoms with Gasteiger partial charge in [-0.25, -0.2) is 0 Å². The molecule has 0 unspecified atom stereocenters. The predicted molar refractivity (Wildman–Crippen MR) is 73.0 cm³/mol. The second-order valence-corrected chi connectivity index (χ2v) is 5.49. The minimum atomic E-state index is -0.407. The van der Waals surface area contributed by atoms with Crippen molar-refractivity contribution in [2.75, 3.05) is 13.6 Å². The van der Waals surface area contributed by atoms with Crippen LogP contribution < -0.4 is 5.32 Å². The molecule has 0 radical (unpaired) electrons. The Kier molecular flexibility index (Phi) is 4.37. The number of aliphatic hydroxyl groups is 1. The van der Waals surface area contributed by atoms with Crippen molar-refractivity contribution in [3.8, 4) is 0 Å². The van der Waals surface area contributed by atoms with Crippen LogP contribution in [-0.4, -0.2) is 41.7 Å². The molecule has 1 aliphatic rings. The van der Waals surface area contributed by atoms with Crippen LogP contribution in [0, 0.1) is 0 Å². The second-order valence-electron chi connectivity index (χ2n) is 4.64. The fraction of sp³-hybridized carbons (Fsp3) is 0.462. The fourth-order valence-corrected chi connectivity index (χ4v) is 2.54. The molecular weight excluding hydrogens is 296 g/mol. The molecule has 0 aromatic heterocycles. The second kappa shape index (κ2) is 5.82. The first-order valence-electron chi connectivity index (χ1n) is 5.97. The Balaban J connectivity index is 1.98. The number of aliphatic hydroxyl groups excluding tert-OH is 1. The highest BCUT2D eigenvalue weighted by Gasteiger charge is 2.30. The van der Waals surface area contributed by atoms with E-state index in [1.54, 1.807) is 11.9 Å². The Morgan fingerprint density at radius 3 is 2.89 bits per heavy atom. The van der Waals surface area contributed by atoms with E-state index in [0.29, 0.717) is 19.5 Å². The first-order valence-corrected chi connectivity index (χ1v) is 6.77. The van der Waals surface area contributed by atoms with Crippen molar-refractivity contribution in [3.05, 3.63) is 34.3 Å². The molecule has 1 fully saturated rings. The van der Waals surface area contributed by atoms with Gasteiger partial charge in [0.05, 0.1) is 12.1 Å². The summed E-state index contributed by atoms with van der Waals surface area (Å²) in [5.41, 5.74) is 1.08. The van der Waals surface area contributed by atoms with E-state index in [2.05, 4.69) is 21.2 Å². The molecule has 2 N–H and O–H groups in total. The number of benzene rings is 1. The van der Waals surface area contributed by atoms with Gasteiger partial charge in [-0.1, -0.05) is 34.1 Å². The molecule has 0 spiro atoms. The zero-order valence-electron chi connectivity index (χ0n) is 10.3. The summed E-state index contributed by atoms with van der Waals surface area (Å²) in [6.07, 6.45) is 0.0925. The summed E-state index contributed by atoms with van der Waals surface area (Å²) >= 11 is 3.47. The third-order valence-electron chi connectivity index (χ3n) is 3.15. The van der Waals surface area contributed by atoms with Gasteiger partial charge in [-0.3, -0.25) is 4.79 Å². The summed E-state index contributed by atoms with van der Waals surface area (Å²) in [5.74, 6) is 0.0299. The zero-order chi connectivity index (χ0) is 13.1. The van der Waals surface area contributed by atoms with Crippen LogP contribution in [-0.2, 0) is 11.3 Å². The lowest BCUT2D eigenvalue weighted by Crippen LogP contribution is -2.41. The molecular formula is C13H17BrN2O2. The van der Waals surface area contributed by atoms with Crippen LogP contribution in [0.25, 0.3) is 0 Å². The molecule has 0 bridgehead atoms. The van der Waals surface area contributed by atoms with E-state index in [1.165, 1.54) is 0 Å². The number of hydrogen-bond acceptors (Lipinski definition) is 3. The third kappa shape index (κ3) is 3.10. The van der Waals surface area contributed by atoms with Gasteiger partial charge in [0.25, 0.3) is 0 Å². The molecule has 0 aliphatic carbocycles. The molecule has 98 valence electrons. The molecule has 4 nitrogen and oxygen atoms in total. The summed E-state index contributed by atoms with van der Waals surface area (Å²) < 4.78 is 1.00. The number of carbonyl (C=O) groups excluding carboxylic acids is 1. The van der Waals surface area contributed by atoms with Crippen LogP contribution in [0.1, 0.15) is 12.0 Å². The average molecular weight is 313 g/mol. The Morgan fingerprint density at radius 1 is 1.56 bits per heavy atom. The Morgan fingerprint density at radius 2 is 2.28 bits per heavy atom. The van der Waals surface area contributed by atoms with Gasteiger partial charge in [0.15, 0.2) is 0 Å². The first-order chi connectivity index (χ1) is 8.58. The quantitative estimate of drug-likeness (QED) is 0.880. The van der Waals surface area contributed by atoms with Crippen molar-refractivity contribution in [2.45, 2.75) is 25.1 Å². The summed E-state index contributed by atoms with van der Waals surface area (Å²) in [5, 5.41) is 12.5. The molecule has 1 aliphatic heterocycles. The highest BCUT2D eigenvalue weighted by Crippen LogP contribution is 2.18. The number of halogens is 1. The van der Waals surface area contributed by atoms with Gasteiger partial charge in [-0.2, -0.15) is 0 Å². The number of amides is 1. The van der Waals surface area contributed by atoms with Crippen LogP contribution in [0.2, 0.25) is 0 Å². The maximum atomic E-state index is 12.1. The van der Waals surface area contributed by atoms with E-state index in [1.807, 2.05) is 24.3 Å². The molecule has 1 saturated heterocycles. The molecule has 1 heterocycles. The van der Waals surface area contributed by atoms with Crippen molar-refractivity contribution in [1.29, 1.82) is 0 Å². The smallest absolute Gasteiger partial charge is 0.239 e. The van der Waals surface area contributed by atoms with Crippen LogP contribution in [0.15, 0.2) is 28.7 Å². The van der Waals surface area contributed by atoms with E-state index < -0.39 is 6.10 Å². The minimum Gasteiger partial charge on any atom is -0.392 e. The number of nitrogens with zero attached hydrogens (tertiary/aromatic N) is 1. The highest BCUT2D eigenvalue weighted by molar-refractivity contribution is 9.10. The fourth-order valence-electron chi connectivity index (χ4n) is 2.13. The van der Waals surface area contributed by atoms with Crippen molar-refractivity contribution < 1.29 is 9.90 Å². The van der Waals surface area contributed by atoms with Crippen LogP contribution >= 0.6 is 15.9 Å². The van der Waals surface area contributed by atoms with Crippen molar-refractivity contribution >= 4 is 21.8 Å². The number of likely N-dealkylation sites (N-methyl/N-ethyl adjacent to an activating group) is 1. The number of hydrogen-bond donors (Lipinski definition) is 2. The van der Waals surface area contributed by atoms with Gasteiger partial charge >= 0.3 is 0 Å². The monoisotopic (exact) mass is 312 g/mol. The SMILES string of the molecule is CN(Cc1ccccc1Br)C(=O)[C@@H]1C[C@@H](O)CN1. The maximum Gasteiger partial charge on any atom is 0.239 e. The number of carbonyl (C=O) groups is 1. The van der Waals surface area contributed by atoms with Crippen molar-refractivity contribution in [3.63, 3.8) is 0 Å². The summed E-state index contributed by atoms with van der Waals surface area (Å²) in [6, 6.07) is 7.60. The van der Waals surface area contributed by atoms with Crippen LogP contribution in [0.4, 0.5) is 0 Å². The standard InChI is InChI=1S/C13H17BrN2O2/c1-16(8-9-4-2-3-5-11(9)14)13(18)12-6-10(17)7-15-12/h2-5,10,12,15,17H,6-8H2,1H3/t10-,12+/m1/s1. The number of rotatable bonds is 3. The first kappa shape index (κ1) is 13.5. The Hall–Kier alpha value is -0.910. The van der Waals surface area contributed by atoms with Gasteiger partial charge < -0.3 is 15.3 Å². The maximum absolute atomic E-state index is 12.1. The molecule has 5 heteroatoms. The molecule has 0 saturated carbocycles. The van der Waals surface area contributed by atoms with Gasteiger partial charge in [-0.15, -0.1) is 0 Å². The molecule has 1 amide bonds. The molecule has 2 rings (SSSR count). The topological polar surface area (TPSA) is 52.6 Å². The van der Waals surface area contributed by atoms with Gasteiger partial charge in [0, 0.05) is 24.6 Å². The van der Waals surface area contributed by atoms with E-state index in [-0.39, 0.29) is 11.9 Å². The summed E-state index contributed by atoms with van der Waals surface area (Å²) in [6.45, 7) is 1.06. The average Bonchev–Trinajstić information content (AvgIpc) is 2.78. The van der Waals surface area contributed by atoms with Crippen molar-refractivity contribution in [1.82, 2.24) is 10.2 Å². The largest absolute Gasteiger partial charge is 0.392 e. The molecule has 2 atom stereocenters. The minimum absolute atomic E-state index is 0.0299. The number of β-amino-alcohol motifs (C(OH)–C–C–N with tert-alkyl or cyclic N) is 1. The van der Waals surface area contributed by atoms with E-state index in [9.17, 15) is 9.90 Å².